The number of esters is 1. The van der Waals surface area contributed by atoms with Gasteiger partial charge in [-0.2, -0.15) is 0 Å². The highest BCUT2D eigenvalue weighted by molar-refractivity contribution is 6.30. The molecule has 7 nitrogen and oxygen atoms in total. The van der Waals surface area contributed by atoms with Gasteiger partial charge in [0.15, 0.2) is 5.78 Å². The third-order valence-corrected chi connectivity index (χ3v) is 6.24. The second-order valence-corrected chi connectivity index (χ2v) is 8.35. The lowest BCUT2D eigenvalue weighted by Gasteiger charge is -2.36. The van der Waals surface area contributed by atoms with Crippen LogP contribution in [0.2, 0.25) is 5.02 Å². The number of carbonyl (C=O) groups excluding carboxylic acids is 2. The number of carbonyl (C=O) groups is 2. The number of benzene rings is 2. The van der Waals surface area contributed by atoms with E-state index in [-0.39, 0.29) is 29.4 Å². The van der Waals surface area contributed by atoms with E-state index < -0.39 is 16.8 Å². The van der Waals surface area contributed by atoms with Gasteiger partial charge in [0, 0.05) is 46.5 Å². The molecule has 1 aliphatic heterocycles. The van der Waals surface area contributed by atoms with E-state index in [4.69, 9.17) is 16.3 Å². The highest BCUT2D eigenvalue weighted by atomic mass is 35.5. The summed E-state index contributed by atoms with van der Waals surface area (Å²) in [6.45, 7) is 1.75. The molecule has 1 heterocycles. The third-order valence-electron chi connectivity index (χ3n) is 5.99. The van der Waals surface area contributed by atoms with Crippen LogP contribution in [0.15, 0.2) is 71.1 Å². The minimum Gasteiger partial charge on any atom is -0.466 e. The molecule has 0 amide bonds. The number of hydrogen-bond donors (Lipinski definition) is 1. The van der Waals surface area contributed by atoms with Crippen molar-refractivity contribution < 1.29 is 19.2 Å². The van der Waals surface area contributed by atoms with Crippen molar-refractivity contribution >= 4 is 29.0 Å². The Balaban J connectivity index is 1.82. The highest BCUT2D eigenvalue weighted by Crippen LogP contribution is 2.46. The van der Waals surface area contributed by atoms with Crippen LogP contribution < -0.4 is 5.32 Å². The molecule has 0 radical (unpaired) electrons. The Labute approximate surface area is 189 Å². The Morgan fingerprint density at radius 1 is 1.16 bits per heavy atom. The van der Waals surface area contributed by atoms with Crippen molar-refractivity contribution in [3.05, 3.63) is 97.3 Å². The van der Waals surface area contributed by atoms with Crippen molar-refractivity contribution in [1.29, 1.82) is 0 Å². The van der Waals surface area contributed by atoms with Crippen LogP contribution in [0, 0.1) is 10.1 Å². The van der Waals surface area contributed by atoms with Crippen molar-refractivity contribution in [2.45, 2.75) is 31.6 Å². The van der Waals surface area contributed by atoms with Crippen LogP contribution in [0.3, 0.4) is 0 Å². The number of hydrogen-bond acceptors (Lipinski definition) is 6. The van der Waals surface area contributed by atoms with Crippen molar-refractivity contribution in [2.24, 2.45) is 0 Å². The van der Waals surface area contributed by atoms with Gasteiger partial charge >= 0.3 is 5.97 Å². The first-order valence-electron chi connectivity index (χ1n) is 10.1. The van der Waals surface area contributed by atoms with Gasteiger partial charge in [-0.1, -0.05) is 35.9 Å². The van der Waals surface area contributed by atoms with E-state index in [1.807, 2.05) is 12.1 Å². The van der Waals surface area contributed by atoms with E-state index in [2.05, 4.69) is 5.32 Å². The highest BCUT2D eigenvalue weighted by Gasteiger charge is 2.41. The Kier molecular flexibility index (Phi) is 5.84. The van der Waals surface area contributed by atoms with Crippen molar-refractivity contribution in [2.75, 3.05) is 7.11 Å². The number of Topliss-reactive ketones (excluding diaryl/α,β-unsaturated/α-hetero) is 1. The number of ketones is 1. The molecule has 2 aromatic carbocycles. The second kappa shape index (κ2) is 8.59. The van der Waals surface area contributed by atoms with E-state index in [0.717, 1.165) is 11.3 Å². The zero-order valence-corrected chi connectivity index (χ0v) is 18.3. The number of non-ortho nitro benzene ring substituents is 1. The lowest BCUT2D eigenvalue weighted by atomic mass is 9.71. The minimum atomic E-state index is -0.739. The van der Waals surface area contributed by atoms with Crippen LogP contribution in [-0.2, 0) is 14.3 Å². The van der Waals surface area contributed by atoms with Gasteiger partial charge in [0.2, 0.25) is 0 Å². The van der Waals surface area contributed by atoms with E-state index in [0.29, 0.717) is 28.3 Å². The largest absolute Gasteiger partial charge is 0.466 e. The molecule has 0 fully saturated rings. The number of rotatable bonds is 4. The summed E-state index contributed by atoms with van der Waals surface area (Å²) < 4.78 is 4.99. The van der Waals surface area contributed by atoms with Gasteiger partial charge in [-0.3, -0.25) is 14.9 Å². The molecule has 164 valence electrons. The molecule has 0 bridgehead atoms. The van der Waals surface area contributed by atoms with Crippen LogP contribution in [0.4, 0.5) is 5.69 Å². The molecule has 1 aliphatic carbocycles. The average Bonchev–Trinajstić information content (AvgIpc) is 2.78. The molecule has 0 saturated carbocycles. The number of nitrogens with one attached hydrogen (secondary N) is 1. The SMILES string of the molecule is COC(=O)C1=C(C)NC2=C(C(=O)CC(c3ccc(Cl)cc3)C2)C1c1cccc([N+](=O)[O-])c1. The van der Waals surface area contributed by atoms with Crippen LogP contribution in [-0.4, -0.2) is 23.8 Å². The van der Waals surface area contributed by atoms with Crippen LogP contribution >= 0.6 is 11.6 Å². The summed E-state index contributed by atoms with van der Waals surface area (Å²) in [7, 11) is 1.27. The molecule has 0 aromatic heterocycles. The fourth-order valence-corrected chi connectivity index (χ4v) is 4.67. The number of ether oxygens (including phenoxy) is 1. The molecule has 2 aromatic rings. The molecule has 32 heavy (non-hydrogen) atoms. The standard InChI is InChI=1S/C24H21ClN2O5/c1-13-21(24(29)32-2)22(15-4-3-5-18(10-15)27(30)31)23-19(26-13)11-16(12-20(23)28)14-6-8-17(25)9-7-14/h3-10,16,22,26H,11-12H2,1-2H3. The molecule has 0 saturated heterocycles. The Morgan fingerprint density at radius 3 is 2.53 bits per heavy atom. The molecule has 2 atom stereocenters. The minimum absolute atomic E-state index is 0.0377. The smallest absolute Gasteiger partial charge is 0.336 e. The monoisotopic (exact) mass is 452 g/mol. The summed E-state index contributed by atoms with van der Waals surface area (Å²) in [6.07, 6.45) is 0.834. The lowest BCUT2D eigenvalue weighted by Crippen LogP contribution is -2.36. The zero-order valence-electron chi connectivity index (χ0n) is 17.6. The molecular formula is C24H21ClN2O5. The normalized spacial score (nSPS) is 20.5. The number of nitro benzene ring substituents is 1. The first-order valence-corrected chi connectivity index (χ1v) is 10.5. The molecule has 4 rings (SSSR count). The van der Waals surface area contributed by atoms with E-state index >= 15 is 0 Å². The van der Waals surface area contributed by atoms with E-state index in [1.54, 1.807) is 31.2 Å². The fourth-order valence-electron chi connectivity index (χ4n) is 4.54. The first-order chi connectivity index (χ1) is 15.3. The van der Waals surface area contributed by atoms with Gasteiger partial charge in [0.1, 0.15) is 0 Å². The molecule has 8 heteroatoms. The van der Waals surface area contributed by atoms with Gasteiger partial charge in [0.25, 0.3) is 5.69 Å². The number of halogens is 1. The van der Waals surface area contributed by atoms with Crippen LogP contribution in [0.1, 0.15) is 42.7 Å². The Bertz CT molecular complexity index is 1180. The summed E-state index contributed by atoms with van der Waals surface area (Å²) in [6, 6.07) is 13.5. The zero-order chi connectivity index (χ0) is 23.0. The number of allylic oxidation sites excluding steroid dienone is 3. The first kappa shape index (κ1) is 21.8. The quantitative estimate of drug-likeness (QED) is 0.407. The summed E-state index contributed by atoms with van der Waals surface area (Å²) in [5.74, 6) is -1.46. The van der Waals surface area contributed by atoms with Crippen molar-refractivity contribution in [3.8, 4) is 0 Å². The second-order valence-electron chi connectivity index (χ2n) is 7.91. The predicted molar refractivity (Wildman–Crippen MR) is 119 cm³/mol. The third kappa shape index (κ3) is 3.91. The number of nitrogens with zero attached hydrogens (tertiary/aromatic N) is 1. The maximum absolute atomic E-state index is 13.4. The maximum Gasteiger partial charge on any atom is 0.336 e. The molecule has 0 spiro atoms. The van der Waals surface area contributed by atoms with E-state index in [9.17, 15) is 19.7 Å². The summed E-state index contributed by atoms with van der Waals surface area (Å²) >= 11 is 6.00. The topological polar surface area (TPSA) is 98.5 Å². The molecule has 2 unspecified atom stereocenters. The van der Waals surface area contributed by atoms with Gasteiger partial charge in [-0.25, -0.2) is 4.79 Å². The number of dihydropyridines is 1. The summed E-state index contributed by atoms with van der Waals surface area (Å²) in [4.78, 5) is 36.9. The van der Waals surface area contributed by atoms with E-state index in [1.165, 1.54) is 19.2 Å². The summed E-state index contributed by atoms with van der Waals surface area (Å²) in [5, 5.41) is 15.2. The Morgan fingerprint density at radius 2 is 1.88 bits per heavy atom. The maximum atomic E-state index is 13.4. The number of methoxy groups -OCH3 is 1. The fraction of sp³-hybridized carbons (Fsp3) is 0.250. The van der Waals surface area contributed by atoms with Gasteiger partial charge in [-0.05, 0) is 42.5 Å². The number of nitro groups is 1. The molecule has 1 N–H and O–H groups in total. The lowest BCUT2D eigenvalue weighted by molar-refractivity contribution is -0.384. The molecule has 2 aliphatic rings. The average molecular weight is 453 g/mol. The Hall–Kier alpha value is -3.45. The van der Waals surface area contributed by atoms with Gasteiger partial charge in [-0.15, -0.1) is 0 Å². The van der Waals surface area contributed by atoms with Crippen LogP contribution in [0.25, 0.3) is 0 Å². The van der Waals surface area contributed by atoms with Crippen LogP contribution in [0.5, 0.6) is 0 Å². The van der Waals surface area contributed by atoms with Gasteiger partial charge in [0.05, 0.1) is 17.6 Å². The summed E-state index contributed by atoms with van der Waals surface area (Å²) in [5.41, 5.74) is 3.44. The predicted octanol–water partition coefficient (Wildman–Crippen LogP) is 4.78. The molecular weight excluding hydrogens is 432 g/mol. The van der Waals surface area contributed by atoms with Crippen molar-refractivity contribution in [1.82, 2.24) is 5.32 Å². The van der Waals surface area contributed by atoms with Gasteiger partial charge < -0.3 is 10.1 Å². The van der Waals surface area contributed by atoms with Crippen molar-refractivity contribution in [3.63, 3.8) is 0 Å².